The minimum atomic E-state index is 0.327. The summed E-state index contributed by atoms with van der Waals surface area (Å²) in [5.41, 5.74) is 6.00. The molecule has 3 aromatic carbocycles. The number of benzene rings is 3. The van der Waals surface area contributed by atoms with Gasteiger partial charge in [-0.25, -0.2) is 9.97 Å². The summed E-state index contributed by atoms with van der Waals surface area (Å²) in [7, 11) is 1.63. The van der Waals surface area contributed by atoms with Crippen LogP contribution in [0.1, 0.15) is 11.4 Å². The van der Waals surface area contributed by atoms with Crippen LogP contribution in [0.3, 0.4) is 0 Å². The lowest BCUT2D eigenvalue weighted by atomic mass is 10.2. The number of nitrogens with one attached hydrogen (secondary N) is 2. The minimum Gasteiger partial charge on any atom is -0.493 e. The van der Waals surface area contributed by atoms with Gasteiger partial charge in [-0.2, -0.15) is 0 Å². The van der Waals surface area contributed by atoms with E-state index in [0.29, 0.717) is 18.1 Å². The number of para-hydroxylation sites is 2. The van der Waals surface area contributed by atoms with E-state index in [1.54, 1.807) is 7.11 Å². The van der Waals surface area contributed by atoms with E-state index in [0.717, 1.165) is 39.3 Å². The molecule has 29 heavy (non-hydrogen) atoms. The third-order valence-electron chi connectivity index (χ3n) is 4.88. The number of nitrogens with zero attached hydrogens (tertiary/aromatic N) is 2. The average Bonchev–Trinajstić information content (AvgIpc) is 3.35. The molecular weight excluding hydrogens is 364 g/mol. The van der Waals surface area contributed by atoms with Gasteiger partial charge in [-0.1, -0.05) is 18.2 Å². The summed E-state index contributed by atoms with van der Waals surface area (Å²) in [6.45, 7) is 2.39. The molecule has 2 heterocycles. The number of methoxy groups -OCH3 is 1. The Morgan fingerprint density at radius 3 is 2.55 bits per heavy atom. The second kappa shape index (κ2) is 6.98. The van der Waals surface area contributed by atoms with Crippen molar-refractivity contribution in [2.45, 2.75) is 13.5 Å². The van der Waals surface area contributed by atoms with Crippen molar-refractivity contribution in [2.24, 2.45) is 0 Å². The van der Waals surface area contributed by atoms with Gasteiger partial charge in [0.1, 0.15) is 18.3 Å². The van der Waals surface area contributed by atoms with Crippen molar-refractivity contribution < 1.29 is 9.47 Å². The predicted molar refractivity (Wildman–Crippen MR) is 113 cm³/mol. The highest BCUT2D eigenvalue weighted by atomic mass is 16.5. The number of fused-ring (bicyclic) bond motifs is 2. The van der Waals surface area contributed by atoms with Crippen LogP contribution >= 0.6 is 0 Å². The molecule has 5 rings (SSSR count). The molecule has 0 fully saturated rings. The summed E-state index contributed by atoms with van der Waals surface area (Å²) in [5, 5.41) is 0. The molecule has 0 aliphatic rings. The fourth-order valence-corrected chi connectivity index (χ4v) is 3.41. The van der Waals surface area contributed by atoms with Gasteiger partial charge in [0.25, 0.3) is 0 Å². The van der Waals surface area contributed by atoms with Gasteiger partial charge < -0.3 is 19.4 Å². The molecule has 5 aromatic rings. The lowest BCUT2D eigenvalue weighted by Gasteiger charge is -2.10. The summed E-state index contributed by atoms with van der Waals surface area (Å²) in [5.74, 6) is 2.87. The monoisotopic (exact) mass is 384 g/mol. The number of aromatic nitrogens is 4. The molecule has 0 aliphatic carbocycles. The first-order valence-electron chi connectivity index (χ1n) is 9.41. The molecule has 0 aliphatic heterocycles. The third-order valence-corrected chi connectivity index (χ3v) is 4.88. The van der Waals surface area contributed by atoms with E-state index in [9.17, 15) is 0 Å². The molecule has 0 amide bonds. The number of hydrogen-bond acceptors (Lipinski definition) is 4. The Balaban J connectivity index is 1.39. The Morgan fingerprint density at radius 1 is 0.828 bits per heavy atom. The van der Waals surface area contributed by atoms with Crippen molar-refractivity contribution in [3.05, 3.63) is 72.1 Å². The molecular formula is C23H20N4O2. The van der Waals surface area contributed by atoms with Gasteiger partial charge in [0, 0.05) is 5.56 Å². The molecule has 0 saturated carbocycles. The van der Waals surface area contributed by atoms with E-state index in [4.69, 9.17) is 9.47 Å². The Hall–Kier alpha value is -3.80. The maximum absolute atomic E-state index is 5.97. The zero-order valence-corrected chi connectivity index (χ0v) is 16.2. The quantitative estimate of drug-likeness (QED) is 0.447. The van der Waals surface area contributed by atoms with E-state index in [2.05, 4.69) is 32.9 Å². The number of hydrogen-bond donors (Lipinski definition) is 2. The largest absolute Gasteiger partial charge is 0.493 e. The van der Waals surface area contributed by atoms with Crippen molar-refractivity contribution in [1.82, 2.24) is 19.9 Å². The molecule has 0 spiro atoms. The number of H-pyrrole nitrogens is 2. The van der Waals surface area contributed by atoms with E-state index >= 15 is 0 Å². The molecule has 0 bridgehead atoms. The fourth-order valence-electron chi connectivity index (χ4n) is 3.41. The number of aromatic amines is 2. The molecule has 6 nitrogen and oxygen atoms in total. The van der Waals surface area contributed by atoms with Gasteiger partial charge in [-0.3, -0.25) is 0 Å². The van der Waals surface area contributed by atoms with Gasteiger partial charge in [-0.05, 0) is 55.0 Å². The molecule has 2 aromatic heterocycles. The van der Waals surface area contributed by atoms with Crippen molar-refractivity contribution in [3.63, 3.8) is 0 Å². The van der Waals surface area contributed by atoms with Crippen LogP contribution in [0.5, 0.6) is 11.5 Å². The first-order valence-corrected chi connectivity index (χ1v) is 9.41. The number of imidazole rings is 2. The normalized spacial score (nSPS) is 11.2. The second-order valence-corrected chi connectivity index (χ2v) is 6.96. The van der Waals surface area contributed by atoms with Crippen molar-refractivity contribution in [1.29, 1.82) is 0 Å². The van der Waals surface area contributed by atoms with Crippen molar-refractivity contribution in [3.8, 4) is 22.9 Å². The lowest BCUT2D eigenvalue weighted by Crippen LogP contribution is -1.99. The molecule has 144 valence electrons. The summed E-state index contributed by atoms with van der Waals surface area (Å²) in [6, 6.07) is 19.9. The summed E-state index contributed by atoms with van der Waals surface area (Å²) in [4.78, 5) is 15.9. The molecule has 2 N–H and O–H groups in total. The molecule has 0 atom stereocenters. The Bertz CT molecular complexity index is 1290. The van der Waals surface area contributed by atoms with Crippen LogP contribution in [0.15, 0.2) is 60.7 Å². The second-order valence-electron chi connectivity index (χ2n) is 6.96. The third kappa shape index (κ3) is 3.29. The van der Waals surface area contributed by atoms with Crippen molar-refractivity contribution >= 4 is 22.1 Å². The fraction of sp³-hybridized carbons (Fsp3) is 0.130. The minimum absolute atomic E-state index is 0.327. The van der Waals surface area contributed by atoms with Gasteiger partial charge in [0.2, 0.25) is 0 Å². The standard InChI is InChI=1S/C23H20N4O2/c1-14-7-9-18-19(11-14)25-22(24-18)13-29-20-10-8-15(12-21(20)28-2)23-26-16-5-3-4-6-17(16)27-23/h3-12H,13H2,1-2H3,(H,24,25)(H,26,27). The number of aryl methyl sites for hydroxylation is 1. The smallest absolute Gasteiger partial charge is 0.161 e. The highest BCUT2D eigenvalue weighted by Gasteiger charge is 2.11. The van der Waals surface area contributed by atoms with Crippen LogP contribution in [-0.4, -0.2) is 27.0 Å². The van der Waals surface area contributed by atoms with Crippen LogP contribution in [0.25, 0.3) is 33.5 Å². The van der Waals surface area contributed by atoms with Gasteiger partial charge in [0.15, 0.2) is 11.5 Å². The first-order chi connectivity index (χ1) is 14.2. The summed E-state index contributed by atoms with van der Waals surface area (Å²) >= 11 is 0. The van der Waals surface area contributed by atoms with Gasteiger partial charge in [0.05, 0.1) is 29.2 Å². The predicted octanol–water partition coefficient (Wildman–Crippen LogP) is 5.00. The highest BCUT2D eigenvalue weighted by Crippen LogP contribution is 2.32. The number of rotatable bonds is 5. The van der Waals surface area contributed by atoms with Crippen LogP contribution in [0.4, 0.5) is 0 Å². The first kappa shape index (κ1) is 17.3. The van der Waals surface area contributed by atoms with E-state index in [1.165, 1.54) is 5.56 Å². The highest BCUT2D eigenvalue weighted by molar-refractivity contribution is 5.79. The zero-order chi connectivity index (χ0) is 19.8. The summed E-state index contributed by atoms with van der Waals surface area (Å²) in [6.07, 6.45) is 0. The maximum Gasteiger partial charge on any atom is 0.161 e. The Labute approximate surface area is 167 Å². The van der Waals surface area contributed by atoms with Crippen LogP contribution < -0.4 is 9.47 Å². The molecule has 0 radical (unpaired) electrons. The summed E-state index contributed by atoms with van der Waals surface area (Å²) < 4.78 is 11.5. The van der Waals surface area contributed by atoms with E-state index in [-0.39, 0.29) is 0 Å². The van der Waals surface area contributed by atoms with Crippen LogP contribution in [0, 0.1) is 6.92 Å². The lowest BCUT2D eigenvalue weighted by molar-refractivity contribution is 0.278. The SMILES string of the molecule is COc1cc(-c2nc3ccccc3[nH]2)ccc1OCc1nc2ccc(C)cc2[nH]1. The van der Waals surface area contributed by atoms with E-state index < -0.39 is 0 Å². The molecule has 0 unspecified atom stereocenters. The van der Waals surface area contributed by atoms with E-state index in [1.807, 2.05) is 54.6 Å². The van der Waals surface area contributed by atoms with Crippen molar-refractivity contribution in [2.75, 3.05) is 7.11 Å². The van der Waals surface area contributed by atoms with Crippen LogP contribution in [0.2, 0.25) is 0 Å². The maximum atomic E-state index is 5.97. The Kier molecular flexibility index (Phi) is 4.17. The zero-order valence-electron chi connectivity index (χ0n) is 16.2. The average molecular weight is 384 g/mol. The number of ether oxygens (including phenoxy) is 2. The molecule has 6 heteroatoms. The molecule has 0 saturated heterocycles. The van der Waals surface area contributed by atoms with Gasteiger partial charge >= 0.3 is 0 Å². The topological polar surface area (TPSA) is 75.8 Å². The Morgan fingerprint density at radius 2 is 1.69 bits per heavy atom. The van der Waals surface area contributed by atoms with Crippen LogP contribution in [-0.2, 0) is 6.61 Å². The van der Waals surface area contributed by atoms with Gasteiger partial charge in [-0.15, -0.1) is 0 Å².